The van der Waals surface area contributed by atoms with Crippen LogP contribution in [0.5, 0.6) is 5.75 Å². The summed E-state index contributed by atoms with van der Waals surface area (Å²) >= 11 is 6.02. The molecule has 0 aliphatic rings. The summed E-state index contributed by atoms with van der Waals surface area (Å²) in [6.07, 6.45) is 3.80. The van der Waals surface area contributed by atoms with Gasteiger partial charge in [0.2, 0.25) is 5.91 Å². The Morgan fingerprint density at radius 3 is 2.50 bits per heavy atom. The van der Waals surface area contributed by atoms with Crippen LogP contribution < -0.4 is 15.2 Å². The molecule has 6 nitrogen and oxygen atoms in total. The predicted molar refractivity (Wildman–Crippen MR) is 147 cm³/mol. The number of hydrogen-bond acceptors (Lipinski definition) is 4. The zero-order valence-electron chi connectivity index (χ0n) is 21.1. The number of benzene rings is 2. The third kappa shape index (κ3) is 4.94. The van der Waals surface area contributed by atoms with Gasteiger partial charge in [-0.3, -0.25) is 19.1 Å². The quantitative estimate of drug-likeness (QED) is 0.352. The van der Waals surface area contributed by atoms with E-state index in [0.717, 1.165) is 22.2 Å². The number of fused-ring (bicyclic) bond motifs is 1. The highest BCUT2D eigenvalue weighted by molar-refractivity contribution is 6.91. The van der Waals surface area contributed by atoms with Crippen LogP contribution in [0, 0.1) is 6.92 Å². The number of rotatable bonds is 7. The largest absolute Gasteiger partial charge is 0.497 e. The molecule has 1 amide bonds. The van der Waals surface area contributed by atoms with E-state index < -0.39 is 8.07 Å². The summed E-state index contributed by atoms with van der Waals surface area (Å²) in [6, 6.07) is 16.4. The van der Waals surface area contributed by atoms with Crippen LogP contribution in [0.4, 0.5) is 0 Å². The van der Waals surface area contributed by atoms with Gasteiger partial charge in [0.15, 0.2) is 0 Å². The van der Waals surface area contributed by atoms with Crippen molar-refractivity contribution in [3.8, 4) is 5.75 Å². The molecule has 0 aliphatic carbocycles. The van der Waals surface area contributed by atoms with Crippen LogP contribution in [0.25, 0.3) is 10.9 Å². The topological polar surface area (TPSA) is 73.2 Å². The van der Waals surface area contributed by atoms with E-state index in [1.165, 1.54) is 5.19 Å². The Morgan fingerprint density at radius 1 is 1.14 bits per heavy atom. The fourth-order valence-electron chi connectivity index (χ4n) is 4.42. The van der Waals surface area contributed by atoms with E-state index in [9.17, 15) is 9.59 Å². The molecule has 8 heteroatoms. The average molecular weight is 520 g/mol. The lowest BCUT2D eigenvalue weighted by Crippen LogP contribution is -2.58. The first-order chi connectivity index (χ1) is 17.1. The Balaban J connectivity index is 1.68. The molecule has 36 heavy (non-hydrogen) atoms. The molecule has 0 spiro atoms. The van der Waals surface area contributed by atoms with Crippen molar-refractivity contribution in [1.29, 1.82) is 0 Å². The van der Waals surface area contributed by atoms with Crippen LogP contribution >= 0.6 is 11.6 Å². The van der Waals surface area contributed by atoms with Crippen molar-refractivity contribution < 1.29 is 14.3 Å². The standard InChI is InChI=1S/C28H30ClN3O3Si/c1-18-24(16-27(33)31-19(2)36(4,5)23-7-6-14-30-17-23)25-15-22(35-3)12-13-26(25)32(18)28(34)20-8-10-21(29)11-9-20/h6-15,17,19H,16H2,1-5H3,(H,31,33). The molecule has 2 aromatic heterocycles. The summed E-state index contributed by atoms with van der Waals surface area (Å²) < 4.78 is 7.10. The third-order valence-corrected chi connectivity index (χ3v) is 11.4. The highest BCUT2D eigenvalue weighted by atomic mass is 35.5. The van der Waals surface area contributed by atoms with E-state index in [-0.39, 0.29) is 23.9 Å². The minimum absolute atomic E-state index is 0.00640. The van der Waals surface area contributed by atoms with Gasteiger partial charge >= 0.3 is 0 Å². The highest BCUT2D eigenvalue weighted by Crippen LogP contribution is 2.31. The zero-order valence-corrected chi connectivity index (χ0v) is 22.9. The number of pyridine rings is 1. The monoisotopic (exact) mass is 519 g/mol. The SMILES string of the molecule is COc1ccc2c(c1)c(CC(=O)NC(C)[Si](C)(C)c1cccnc1)c(C)n2C(=O)c1ccc(Cl)cc1. The highest BCUT2D eigenvalue weighted by Gasteiger charge is 2.32. The molecular formula is C28H30ClN3O3Si. The van der Waals surface area contributed by atoms with E-state index >= 15 is 0 Å². The van der Waals surface area contributed by atoms with Crippen molar-refractivity contribution >= 4 is 47.6 Å². The van der Waals surface area contributed by atoms with Gasteiger partial charge in [-0.05, 0) is 73.1 Å². The number of amides is 1. The van der Waals surface area contributed by atoms with Gasteiger partial charge < -0.3 is 10.1 Å². The molecule has 0 bridgehead atoms. The van der Waals surface area contributed by atoms with Gasteiger partial charge in [0.25, 0.3) is 5.91 Å². The van der Waals surface area contributed by atoms with Crippen molar-refractivity contribution in [2.24, 2.45) is 0 Å². The lowest BCUT2D eigenvalue weighted by Gasteiger charge is -2.30. The number of nitrogens with one attached hydrogen (secondary N) is 1. The molecule has 1 unspecified atom stereocenters. The predicted octanol–water partition coefficient (Wildman–Crippen LogP) is 4.90. The molecule has 0 radical (unpaired) electrons. The van der Waals surface area contributed by atoms with E-state index in [4.69, 9.17) is 16.3 Å². The first kappa shape index (κ1) is 25.7. The lowest BCUT2D eigenvalue weighted by atomic mass is 10.1. The summed E-state index contributed by atoms with van der Waals surface area (Å²) in [6.45, 7) is 8.38. The fourth-order valence-corrected chi connectivity index (χ4v) is 6.50. The van der Waals surface area contributed by atoms with Gasteiger partial charge in [-0.2, -0.15) is 0 Å². The third-order valence-electron chi connectivity index (χ3n) is 7.04. The molecule has 0 aliphatic heterocycles. The number of carbonyl (C=O) groups excluding carboxylic acids is 2. The molecular weight excluding hydrogens is 490 g/mol. The number of halogens is 1. The van der Waals surface area contributed by atoms with Crippen molar-refractivity contribution in [2.45, 2.75) is 39.0 Å². The minimum atomic E-state index is -1.99. The second-order valence-corrected chi connectivity index (χ2v) is 14.8. The number of methoxy groups -OCH3 is 1. The van der Waals surface area contributed by atoms with E-state index in [1.807, 2.05) is 37.4 Å². The maximum Gasteiger partial charge on any atom is 0.262 e. The Morgan fingerprint density at radius 2 is 1.86 bits per heavy atom. The number of aromatic nitrogens is 2. The minimum Gasteiger partial charge on any atom is -0.497 e. The Hall–Kier alpha value is -3.42. The van der Waals surface area contributed by atoms with Gasteiger partial charge in [-0.1, -0.05) is 30.8 Å². The fraction of sp³-hybridized carbons (Fsp3) is 0.250. The van der Waals surface area contributed by atoms with Crippen molar-refractivity contribution in [3.05, 3.63) is 88.8 Å². The number of carbonyl (C=O) groups is 2. The van der Waals surface area contributed by atoms with E-state index in [1.54, 1.807) is 42.1 Å². The maximum atomic E-state index is 13.5. The van der Waals surface area contributed by atoms with Crippen LogP contribution in [0.3, 0.4) is 0 Å². The van der Waals surface area contributed by atoms with E-state index in [2.05, 4.69) is 36.4 Å². The van der Waals surface area contributed by atoms with Gasteiger partial charge in [0.05, 0.1) is 19.0 Å². The average Bonchev–Trinajstić information content (AvgIpc) is 3.14. The van der Waals surface area contributed by atoms with E-state index in [0.29, 0.717) is 16.3 Å². The molecule has 2 heterocycles. The van der Waals surface area contributed by atoms with Crippen LogP contribution in [0.2, 0.25) is 18.1 Å². The first-order valence-electron chi connectivity index (χ1n) is 11.8. The van der Waals surface area contributed by atoms with Gasteiger partial charge in [0.1, 0.15) is 13.8 Å². The smallest absolute Gasteiger partial charge is 0.262 e. The molecule has 1 N–H and O–H groups in total. The molecule has 1 atom stereocenters. The zero-order chi connectivity index (χ0) is 26.0. The first-order valence-corrected chi connectivity index (χ1v) is 15.3. The Bertz CT molecular complexity index is 1420. The Labute approximate surface area is 217 Å². The lowest BCUT2D eigenvalue weighted by molar-refractivity contribution is -0.120. The summed E-state index contributed by atoms with van der Waals surface area (Å²) in [5, 5.41) is 5.79. The van der Waals surface area contributed by atoms with Crippen LogP contribution in [-0.4, -0.2) is 42.2 Å². The van der Waals surface area contributed by atoms with Crippen LogP contribution in [0.1, 0.15) is 28.5 Å². The van der Waals surface area contributed by atoms with Crippen molar-refractivity contribution in [3.63, 3.8) is 0 Å². The van der Waals surface area contributed by atoms with Crippen molar-refractivity contribution in [1.82, 2.24) is 14.9 Å². The summed E-state index contributed by atoms with van der Waals surface area (Å²) in [7, 11) is -0.391. The molecule has 2 aromatic carbocycles. The van der Waals surface area contributed by atoms with Gasteiger partial charge in [0, 0.05) is 39.7 Å². The second kappa shape index (κ2) is 10.3. The van der Waals surface area contributed by atoms with Crippen molar-refractivity contribution in [2.75, 3.05) is 7.11 Å². The summed E-state index contributed by atoms with van der Waals surface area (Å²) in [4.78, 5) is 31.1. The number of nitrogens with zero attached hydrogens (tertiary/aromatic N) is 2. The molecule has 186 valence electrons. The van der Waals surface area contributed by atoms with Gasteiger partial charge in [-0.25, -0.2) is 0 Å². The molecule has 0 saturated carbocycles. The second-order valence-electron chi connectivity index (χ2n) is 9.52. The van der Waals surface area contributed by atoms with Crippen LogP contribution in [0.15, 0.2) is 67.0 Å². The normalized spacial score (nSPS) is 12.4. The summed E-state index contributed by atoms with van der Waals surface area (Å²) in [5.74, 6) is 0.402. The molecule has 0 saturated heterocycles. The Kier molecular flexibility index (Phi) is 7.33. The van der Waals surface area contributed by atoms with Crippen LogP contribution in [-0.2, 0) is 11.2 Å². The number of ether oxygens (including phenoxy) is 1. The van der Waals surface area contributed by atoms with Gasteiger partial charge in [-0.15, -0.1) is 0 Å². The molecule has 0 fully saturated rings. The molecule has 4 rings (SSSR count). The maximum absolute atomic E-state index is 13.5. The number of hydrogen-bond donors (Lipinski definition) is 1. The summed E-state index contributed by atoms with van der Waals surface area (Å²) in [5.41, 5.74) is 2.77. The molecule has 4 aromatic rings.